The first-order valence-electron chi connectivity index (χ1n) is 11.4. The molecule has 1 aliphatic carbocycles. The molecular weight excluding hydrogens is 432 g/mol. The van der Waals surface area contributed by atoms with Gasteiger partial charge in [-0.05, 0) is 81.0 Å². The minimum Gasteiger partial charge on any atom is -0.383 e. The SMILES string of the molecule is N=C(S)c1cn([C@H]2CC[C@@H](C3CCN(C[C@H]4CCOC4)CC3)C2)c2nc(Cl)nc(N)c12. The van der Waals surface area contributed by atoms with Gasteiger partial charge < -0.3 is 19.9 Å². The van der Waals surface area contributed by atoms with Crippen LogP contribution in [-0.2, 0) is 4.74 Å². The molecule has 3 N–H and O–H groups in total. The van der Waals surface area contributed by atoms with Crippen LogP contribution < -0.4 is 5.73 Å². The molecular formula is C22H31ClN6OS. The van der Waals surface area contributed by atoms with Crippen molar-refractivity contribution >= 4 is 46.1 Å². The van der Waals surface area contributed by atoms with Crippen LogP contribution in [0.5, 0.6) is 0 Å². The maximum absolute atomic E-state index is 8.05. The summed E-state index contributed by atoms with van der Waals surface area (Å²) in [6, 6.07) is 0.355. The fourth-order valence-corrected chi connectivity index (χ4v) is 6.32. The number of likely N-dealkylation sites (tertiary alicyclic amines) is 1. The number of anilines is 1. The van der Waals surface area contributed by atoms with Gasteiger partial charge in [0.05, 0.1) is 17.0 Å². The number of nitrogen functional groups attached to an aromatic ring is 1. The number of fused-ring (bicyclic) bond motifs is 1. The molecule has 3 fully saturated rings. The minimum atomic E-state index is 0.149. The van der Waals surface area contributed by atoms with E-state index in [1.54, 1.807) is 0 Å². The summed E-state index contributed by atoms with van der Waals surface area (Å²) >= 11 is 10.4. The van der Waals surface area contributed by atoms with E-state index >= 15 is 0 Å². The third-order valence-corrected chi connectivity index (χ3v) is 8.02. The number of piperidine rings is 1. The van der Waals surface area contributed by atoms with Crippen molar-refractivity contribution in [2.75, 3.05) is 38.6 Å². The number of halogens is 1. The zero-order chi connectivity index (χ0) is 21.5. The largest absolute Gasteiger partial charge is 0.383 e. The highest BCUT2D eigenvalue weighted by molar-refractivity contribution is 7.97. The first kappa shape index (κ1) is 21.5. The molecule has 2 aromatic heterocycles. The molecule has 5 rings (SSSR count). The van der Waals surface area contributed by atoms with E-state index in [2.05, 4.69) is 32.1 Å². The van der Waals surface area contributed by atoms with E-state index in [4.69, 9.17) is 27.5 Å². The van der Waals surface area contributed by atoms with Crippen LogP contribution in [-0.4, -0.2) is 57.3 Å². The molecule has 0 unspecified atom stereocenters. The van der Waals surface area contributed by atoms with Crippen LogP contribution in [0.1, 0.15) is 50.1 Å². The Labute approximate surface area is 193 Å². The van der Waals surface area contributed by atoms with Crippen LogP contribution in [0.15, 0.2) is 6.20 Å². The van der Waals surface area contributed by atoms with Gasteiger partial charge in [0.2, 0.25) is 5.28 Å². The highest BCUT2D eigenvalue weighted by Gasteiger charge is 2.35. The molecule has 1 saturated carbocycles. The molecule has 7 nitrogen and oxygen atoms in total. The fourth-order valence-electron chi connectivity index (χ4n) is 5.98. The molecule has 0 spiro atoms. The molecule has 9 heteroatoms. The van der Waals surface area contributed by atoms with Crippen molar-refractivity contribution in [2.24, 2.45) is 17.8 Å². The predicted octanol–water partition coefficient (Wildman–Crippen LogP) is 4.01. The molecule has 3 aliphatic rings. The van der Waals surface area contributed by atoms with E-state index in [0.717, 1.165) is 49.5 Å². The summed E-state index contributed by atoms with van der Waals surface area (Å²) in [5.41, 5.74) is 7.54. The van der Waals surface area contributed by atoms with Crippen LogP contribution in [0.25, 0.3) is 11.0 Å². The Hall–Kier alpha value is -1.35. The Bertz CT molecular complexity index is 967. The van der Waals surface area contributed by atoms with Crippen LogP contribution in [0, 0.1) is 23.2 Å². The van der Waals surface area contributed by atoms with E-state index in [1.807, 2.05) is 6.20 Å². The second kappa shape index (κ2) is 8.89. The van der Waals surface area contributed by atoms with Crippen molar-refractivity contribution in [2.45, 2.75) is 44.6 Å². The highest BCUT2D eigenvalue weighted by atomic mass is 35.5. The number of ether oxygens (including phenoxy) is 1. The van der Waals surface area contributed by atoms with Gasteiger partial charge in [0.15, 0.2) is 0 Å². The van der Waals surface area contributed by atoms with Crippen molar-refractivity contribution in [3.8, 4) is 0 Å². The Balaban J connectivity index is 1.27. The lowest BCUT2D eigenvalue weighted by Gasteiger charge is -2.36. The Morgan fingerprint density at radius 3 is 2.71 bits per heavy atom. The maximum Gasteiger partial charge on any atom is 0.226 e. The van der Waals surface area contributed by atoms with Crippen molar-refractivity contribution in [3.63, 3.8) is 0 Å². The molecule has 3 atom stereocenters. The second-order valence-corrected chi connectivity index (χ2v) is 10.3. The third kappa shape index (κ3) is 4.32. The third-order valence-electron chi connectivity index (χ3n) is 7.61. The van der Waals surface area contributed by atoms with Gasteiger partial charge in [0, 0.05) is 31.0 Å². The van der Waals surface area contributed by atoms with Crippen molar-refractivity contribution < 1.29 is 4.74 Å². The van der Waals surface area contributed by atoms with E-state index in [1.165, 1.54) is 45.3 Å². The first-order chi connectivity index (χ1) is 15.0. The van der Waals surface area contributed by atoms with Crippen molar-refractivity contribution in [3.05, 3.63) is 17.0 Å². The number of thiol groups is 1. The lowest BCUT2D eigenvalue weighted by atomic mass is 9.83. The second-order valence-electron chi connectivity index (χ2n) is 9.47. The quantitative estimate of drug-likeness (QED) is 0.270. The van der Waals surface area contributed by atoms with E-state index in [0.29, 0.717) is 22.8 Å². The highest BCUT2D eigenvalue weighted by Crippen LogP contribution is 2.44. The summed E-state index contributed by atoms with van der Waals surface area (Å²) in [5.74, 6) is 2.59. The Morgan fingerprint density at radius 1 is 1.19 bits per heavy atom. The summed E-state index contributed by atoms with van der Waals surface area (Å²) in [6.07, 6.45) is 9.30. The number of hydrogen-bond acceptors (Lipinski definition) is 6. The normalized spacial score (nSPS) is 28.0. The molecule has 2 aromatic rings. The molecule has 168 valence electrons. The summed E-state index contributed by atoms with van der Waals surface area (Å²) < 4.78 is 7.72. The molecule has 0 radical (unpaired) electrons. The molecule has 2 aliphatic heterocycles. The molecule has 31 heavy (non-hydrogen) atoms. The molecule has 4 heterocycles. The number of nitrogens with one attached hydrogen (secondary N) is 1. The monoisotopic (exact) mass is 462 g/mol. The lowest BCUT2D eigenvalue weighted by molar-refractivity contribution is 0.121. The molecule has 0 bridgehead atoms. The van der Waals surface area contributed by atoms with Gasteiger partial charge in [0.1, 0.15) is 11.5 Å². The molecule has 2 saturated heterocycles. The fraction of sp³-hybridized carbons (Fsp3) is 0.682. The average molecular weight is 463 g/mol. The van der Waals surface area contributed by atoms with E-state index < -0.39 is 0 Å². The van der Waals surface area contributed by atoms with Crippen LogP contribution in [0.3, 0.4) is 0 Å². The predicted molar refractivity (Wildman–Crippen MR) is 127 cm³/mol. The average Bonchev–Trinajstić information content (AvgIpc) is 3.47. The molecule has 0 aromatic carbocycles. The van der Waals surface area contributed by atoms with Gasteiger partial charge in [-0.1, -0.05) is 0 Å². The van der Waals surface area contributed by atoms with Crippen LogP contribution in [0.2, 0.25) is 5.28 Å². The maximum atomic E-state index is 8.05. The topological polar surface area (TPSA) is 93.0 Å². The zero-order valence-electron chi connectivity index (χ0n) is 17.8. The minimum absolute atomic E-state index is 0.149. The number of nitrogens with two attached hydrogens (primary N) is 1. The zero-order valence-corrected chi connectivity index (χ0v) is 19.4. The van der Waals surface area contributed by atoms with Crippen molar-refractivity contribution in [1.82, 2.24) is 19.4 Å². The number of rotatable bonds is 5. The van der Waals surface area contributed by atoms with E-state index in [9.17, 15) is 0 Å². The van der Waals surface area contributed by atoms with Gasteiger partial charge in [-0.3, -0.25) is 5.41 Å². The smallest absolute Gasteiger partial charge is 0.226 e. The molecule has 0 amide bonds. The standard InChI is InChI=1S/C22H31ClN6OS/c23-22-26-19(24)18-17(20(25)31)11-29(21(18)27-22)16-2-1-15(9-16)14-3-6-28(7-4-14)10-13-5-8-30-12-13/h11,13-16H,1-10,12H2,(H2,25,31)(H2,24,26,27)/t13-,15-,16+/m1/s1. The number of aromatic nitrogens is 3. The van der Waals surface area contributed by atoms with Crippen LogP contribution >= 0.6 is 24.2 Å². The van der Waals surface area contributed by atoms with Gasteiger partial charge >= 0.3 is 0 Å². The Kier molecular flexibility index (Phi) is 6.16. The van der Waals surface area contributed by atoms with Crippen molar-refractivity contribution in [1.29, 1.82) is 5.41 Å². The number of hydrogen-bond donors (Lipinski definition) is 3. The van der Waals surface area contributed by atoms with Gasteiger partial charge in [-0.25, -0.2) is 4.98 Å². The van der Waals surface area contributed by atoms with Gasteiger partial charge in [0.25, 0.3) is 0 Å². The van der Waals surface area contributed by atoms with Gasteiger partial charge in [-0.15, -0.1) is 12.6 Å². The first-order valence-corrected chi connectivity index (χ1v) is 12.2. The lowest BCUT2D eigenvalue weighted by Crippen LogP contribution is -2.38. The van der Waals surface area contributed by atoms with E-state index in [-0.39, 0.29) is 10.3 Å². The van der Waals surface area contributed by atoms with Gasteiger partial charge in [-0.2, -0.15) is 4.98 Å². The summed E-state index contributed by atoms with van der Waals surface area (Å²) in [6.45, 7) is 5.52. The van der Waals surface area contributed by atoms with Crippen LogP contribution in [0.4, 0.5) is 5.82 Å². The Morgan fingerprint density at radius 2 is 2.00 bits per heavy atom. The summed E-state index contributed by atoms with van der Waals surface area (Å²) in [4.78, 5) is 11.2. The summed E-state index contributed by atoms with van der Waals surface area (Å²) in [7, 11) is 0. The number of nitrogens with zero attached hydrogens (tertiary/aromatic N) is 4. The summed E-state index contributed by atoms with van der Waals surface area (Å²) in [5, 5.41) is 9.06.